The van der Waals surface area contributed by atoms with Gasteiger partial charge in [0.1, 0.15) is 0 Å². The SMILES string of the molecule is C.CC1CC(C)O1.CC1CCC(C)O1.CC1CCCC(C)O1. The highest BCUT2D eigenvalue weighted by Gasteiger charge is 2.20. The van der Waals surface area contributed by atoms with E-state index in [1.165, 1.54) is 38.5 Å². The van der Waals surface area contributed by atoms with Gasteiger partial charge in [0.05, 0.1) is 36.6 Å². The molecule has 134 valence electrons. The van der Waals surface area contributed by atoms with Crippen molar-refractivity contribution in [1.29, 1.82) is 0 Å². The Morgan fingerprint density at radius 1 is 0.500 bits per heavy atom. The van der Waals surface area contributed by atoms with Crippen LogP contribution in [0.15, 0.2) is 0 Å². The maximum absolute atomic E-state index is 5.49. The Morgan fingerprint density at radius 3 is 0.955 bits per heavy atom. The fraction of sp³-hybridized carbons (Fsp3) is 1.00. The Morgan fingerprint density at radius 2 is 0.818 bits per heavy atom. The second-order valence-corrected chi connectivity index (χ2v) is 7.02. The Hall–Kier alpha value is -0.120. The first-order valence-corrected chi connectivity index (χ1v) is 8.83. The predicted molar refractivity (Wildman–Crippen MR) is 94.5 cm³/mol. The van der Waals surface area contributed by atoms with Crippen molar-refractivity contribution >= 4 is 0 Å². The molecule has 3 heteroatoms. The van der Waals surface area contributed by atoms with Crippen LogP contribution in [0.5, 0.6) is 0 Å². The molecule has 0 aromatic heterocycles. The molecule has 0 spiro atoms. The van der Waals surface area contributed by atoms with Gasteiger partial charge in [-0.25, -0.2) is 0 Å². The van der Waals surface area contributed by atoms with Crippen LogP contribution >= 0.6 is 0 Å². The molecule has 0 aromatic carbocycles. The summed E-state index contributed by atoms with van der Waals surface area (Å²) in [6.07, 6.45) is 10.8. The molecule has 3 rings (SSSR count). The van der Waals surface area contributed by atoms with Crippen LogP contribution in [-0.2, 0) is 14.2 Å². The highest BCUT2D eigenvalue weighted by molar-refractivity contribution is 4.68. The van der Waals surface area contributed by atoms with E-state index in [9.17, 15) is 0 Å². The van der Waals surface area contributed by atoms with Crippen LogP contribution in [-0.4, -0.2) is 36.6 Å². The zero-order valence-electron chi connectivity index (χ0n) is 14.9. The van der Waals surface area contributed by atoms with Gasteiger partial charge in [-0.3, -0.25) is 0 Å². The lowest BCUT2D eigenvalue weighted by molar-refractivity contribution is -0.102. The van der Waals surface area contributed by atoms with Crippen LogP contribution in [0.25, 0.3) is 0 Å². The molecular weight excluding hydrogens is 276 g/mol. The van der Waals surface area contributed by atoms with Crippen molar-refractivity contribution in [2.45, 2.75) is 124 Å². The lowest BCUT2D eigenvalue weighted by atomic mass is 10.1. The molecule has 0 saturated carbocycles. The fourth-order valence-electron chi connectivity index (χ4n) is 3.08. The van der Waals surface area contributed by atoms with Gasteiger partial charge >= 0.3 is 0 Å². The molecule has 0 radical (unpaired) electrons. The Labute approximate surface area is 139 Å². The van der Waals surface area contributed by atoms with E-state index in [-0.39, 0.29) is 7.43 Å². The molecule has 0 amide bonds. The van der Waals surface area contributed by atoms with E-state index < -0.39 is 0 Å². The van der Waals surface area contributed by atoms with E-state index in [0.29, 0.717) is 36.6 Å². The average molecular weight is 317 g/mol. The molecule has 3 nitrogen and oxygen atoms in total. The van der Waals surface area contributed by atoms with Gasteiger partial charge in [0.25, 0.3) is 0 Å². The van der Waals surface area contributed by atoms with Crippen molar-refractivity contribution in [3.63, 3.8) is 0 Å². The Balaban J connectivity index is 0.000000297. The smallest absolute Gasteiger partial charge is 0.0575 e. The first-order valence-electron chi connectivity index (χ1n) is 8.83. The van der Waals surface area contributed by atoms with Crippen LogP contribution in [0.4, 0.5) is 0 Å². The van der Waals surface area contributed by atoms with Crippen molar-refractivity contribution in [3.05, 3.63) is 0 Å². The van der Waals surface area contributed by atoms with Crippen LogP contribution < -0.4 is 0 Å². The molecule has 22 heavy (non-hydrogen) atoms. The summed E-state index contributed by atoms with van der Waals surface area (Å²) in [4.78, 5) is 0. The van der Waals surface area contributed by atoms with Gasteiger partial charge in [-0.15, -0.1) is 0 Å². The summed E-state index contributed by atoms with van der Waals surface area (Å²) in [7, 11) is 0. The van der Waals surface area contributed by atoms with Gasteiger partial charge in [0.15, 0.2) is 0 Å². The van der Waals surface area contributed by atoms with Crippen molar-refractivity contribution < 1.29 is 14.2 Å². The van der Waals surface area contributed by atoms with E-state index in [1.54, 1.807) is 0 Å². The van der Waals surface area contributed by atoms with E-state index in [0.717, 1.165) is 0 Å². The maximum Gasteiger partial charge on any atom is 0.0575 e. The summed E-state index contributed by atoms with van der Waals surface area (Å²) >= 11 is 0. The monoisotopic (exact) mass is 316 g/mol. The highest BCUT2D eigenvalue weighted by Crippen LogP contribution is 2.18. The summed E-state index contributed by atoms with van der Waals surface area (Å²) in [6.45, 7) is 12.7. The van der Waals surface area contributed by atoms with E-state index in [1.807, 2.05) is 0 Å². The molecule has 0 N–H and O–H groups in total. The second kappa shape index (κ2) is 11.4. The van der Waals surface area contributed by atoms with E-state index in [4.69, 9.17) is 14.2 Å². The van der Waals surface area contributed by atoms with Gasteiger partial charge in [0, 0.05) is 0 Å². The van der Waals surface area contributed by atoms with Gasteiger partial charge < -0.3 is 14.2 Å². The summed E-state index contributed by atoms with van der Waals surface area (Å²) in [6, 6.07) is 0. The number of rotatable bonds is 0. The summed E-state index contributed by atoms with van der Waals surface area (Å²) in [5.41, 5.74) is 0. The predicted octanol–water partition coefficient (Wildman–Crippen LogP) is 5.36. The molecular formula is C19H40O3. The van der Waals surface area contributed by atoms with E-state index >= 15 is 0 Å². The summed E-state index contributed by atoms with van der Waals surface area (Å²) in [5, 5.41) is 0. The quantitative estimate of drug-likeness (QED) is 0.602. The third kappa shape index (κ3) is 9.81. The molecule has 3 aliphatic heterocycles. The minimum atomic E-state index is 0. The Kier molecular flexibility index (Phi) is 11.4. The topological polar surface area (TPSA) is 27.7 Å². The third-order valence-corrected chi connectivity index (χ3v) is 4.26. The van der Waals surface area contributed by atoms with Crippen LogP contribution in [0.1, 0.15) is 87.5 Å². The van der Waals surface area contributed by atoms with Crippen LogP contribution in [0.3, 0.4) is 0 Å². The largest absolute Gasteiger partial charge is 0.376 e. The lowest BCUT2D eigenvalue weighted by Crippen LogP contribution is -2.31. The Bertz CT molecular complexity index is 241. The molecule has 0 aliphatic carbocycles. The third-order valence-electron chi connectivity index (χ3n) is 4.26. The first-order chi connectivity index (χ1) is 9.86. The minimum absolute atomic E-state index is 0. The molecule has 3 heterocycles. The summed E-state index contributed by atoms with van der Waals surface area (Å²) < 4.78 is 16.0. The first kappa shape index (κ1) is 21.9. The van der Waals surface area contributed by atoms with Crippen molar-refractivity contribution in [1.82, 2.24) is 0 Å². The van der Waals surface area contributed by atoms with Crippen LogP contribution in [0, 0.1) is 0 Å². The lowest BCUT2D eigenvalue weighted by Gasteiger charge is -2.30. The molecule has 3 saturated heterocycles. The fourth-order valence-corrected chi connectivity index (χ4v) is 3.08. The highest BCUT2D eigenvalue weighted by atomic mass is 16.5. The zero-order chi connectivity index (χ0) is 15.8. The molecule has 0 aromatic rings. The van der Waals surface area contributed by atoms with Crippen molar-refractivity contribution in [2.24, 2.45) is 0 Å². The summed E-state index contributed by atoms with van der Waals surface area (Å²) in [5.74, 6) is 0. The van der Waals surface area contributed by atoms with E-state index in [2.05, 4.69) is 41.5 Å². The molecule has 6 atom stereocenters. The number of ether oxygens (including phenoxy) is 3. The van der Waals surface area contributed by atoms with Crippen molar-refractivity contribution in [3.8, 4) is 0 Å². The van der Waals surface area contributed by atoms with Gasteiger partial charge in [-0.05, 0) is 80.1 Å². The van der Waals surface area contributed by atoms with Crippen molar-refractivity contribution in [2.75, 3.05) is 0 Å². The normalized spacial score (nSPS) is 40.1. The molecule has 3 fully saturated rings. The minimum Gasteiger partial charge on any atom is -0.376 e. The van der Waals surface area contributed by atoms with Gasteiger partial charge in [-0.1, -0.05) is 7.43 Å². The molecule has 6 unspecified atom stereocenters. The maximum atomic E-state index is 5.49. The molecule has 3 aliphatic rings. The van der Waals surface area contributed by atoms with Gasteiger partial charge in [-0.2, -0.15) is 0 Å². The second-order valence-electron chi connectivity index (χ2n) is 7.02. The number of hydrogen-bond donors (Lipinski definition) is 0. The van der Waals surface area contributed by atoms with Gasteiger partial charge in [0.2, 0.25) is 0 Å². The number of hydrogen-bond acceptors (Lipinski definition) is 3. The average Bonchev–Trinajstić information content (AvgIpc) is 2.73. The molecule has 0 bridgehead atoms. The van der Waals surface area contributed by atoms with Crippen LogP contribution in [0.2, 0.25) is 0 Å². The standard InChI is InChI=1S/C7H14O.C6H12O.C5H10O.CH4/c1-6-4-3-5-7(2)8-6;1-5-3-4-6(2)7-5;1-4-3-5(2)6-4;/h6-7H,3-5H2,1-2H3;5-6H,3-4H2,1-2H3;4-5H,3H2,1-2H3;1H4. The zero-order valence-corrected chi connectivity index (χ0v) is 14.9.